The fraction of sp³-hybridized carbons (Fsp3) is 0.118. The van der Waals surface area contributed by atoms with E-state index in [9.17, 15) is 8.78 Å². The van der Waals surface area contributed by atoms with Crippen LogP contribution in [0.1, 0.15) is 18.5 Å². The molecule has 4 heteroatoms. The average molecular weight is 284 g/mol. The van der Waals surface area contributed by atoms with Crippen LogP contribution in [0.4, 0.5) is 14.5 Å². The van der Waals surface area contributed by atoms with Crippen LogP contribution in [0.3, 0.4) is 0 Å². The zero-order valence-electron chi connectivity index (χ0n) is 11.5. The van der Waals surface area contributed by atoms with E-state index in [0.29, 0.717) is 0 Å². The molecule has 0 spiro atoms. The maximum atomic E-state index is 13.8. The van der Waals surface area contributed by atoms with Gasteiger partial charge in [-0.15, -0.1) is 0 Å². The summed E-state index contributed by atoms with van der Waals surface area (Å²) < 4.78 is 27.6. The van der Waals surface area contributed by atoms with E-state index in [-0.39, 0.29) is 5.56 Å². The quantitative estimate of drug-likeness (QED) is 0.755. The van der Waals surface area contributed by atoms with Gasteiger partial charge in [0.05, 0.1) is 17.2 Å². The lowest BCUT2D eigenvalue weighted by Gasteiger charge is -2.18. The molecule has 3 aromatic rings. The highest BCUT2D eigenvalue weighted by Gasteiger charge is 2.16. The van der Waals surface area contributed by atoms with Gasteiger partial charge < -0.3 is 5.32 Å². The molecule has 1 aromatic heterocycles. The Kier molecular flexibility index (Phi) is 3.52. The Morgan fingerprint density at radius 2 is 1.62 bits per heavy atom. The van der Waals surface area contributed by atoms with Crippen molar-refractivity contribution >= 4 is 16.6 Å². The van der Waals surface area contributed by atoms with Crippen molar-refractivity contribution < 1.29 is 8.78 Å². The van der Waals surface area contributed by atoms with E-state index in [4.69, 9.17) is 0 Å². The largest absolute Gasteiger partial charge is 0.377 e. The van der Waals surface area contributed by atoms with Crippen molar-refractivity contribution in [1.82, 2.24) is 4.98 Å². The second-order valence-electron chi connectivity index (χ2n) is 4.88. The first-order valence-corrected chi connectivity index (χ1v) is 6.71. The predicted molar refractivity (Wildman–Crippen MR) is 80.1 cm³/mol. The van der Waals surface area contributed by atoms with Crippen LogP contribution < -0.4 is 5.32 Å². The van der Waals surface area contributed by atoms with Crippen molar-refractivity contribution in [3.63, 3.8) is 0 Å². The zero-order valence-corrected chi connectivity index (χ0v) is 11.5. The third kappa shape index (κ3) is 2.57. The molecular formula is C17H14F2N2. The SMILES string of the molecule is CC(Nc1cccc2cccnc12)c1c(F)cccc1F. The lowest BCUT2D eigenvalue weighted by Crippen LogP contribution is -2.11. The van der Waals surface area contributed by atoms with Gasteiger partial charge in [0.1, 0.15) is 11.6 Å². The van der Waals surface area contributed by atoms with Crippen LogP contribution in [-0.4, -0.2) is 4.98 Å². The molecule has 1 atom stereocenters. The van der Waals surface area contributed by atoms with Gasteiger partial charge in [0.2, 0.25) is 0 Å². The molecule has 1 heterocycles. The first-order valence-electron chi connectivity index (χ1n) is 6.71. The number of nitrogens with zero attached hydrogens (tertiary/aromatic N) is 1. The molecule has 0 saturated heterocycles. The molecule has 106 valence electrons. The third-order valence-corrected chi connectivity index (χ3v) is 3.44. The van der Waals surface area contributed by atoms with Crippen molar-refractivity contribution in [1.29, 1.82) is 0 Å². The van der Waals surface area contributed by atoms with E-state index >= 15 is 0 Å². The number of aromatic nitrogens is 1. The Hall–Kier alpha value is -2.49. The third-order valence-electron chi connectivity index (χ3n) is 3.44. The van der Waals surface area contributed by atoms with Crippen molar-refractivity contribution in [3.8, 4) is 0 Å². The molecule has 0 aliphatic heterocycles. The van der Waals surface area contributed by atoms with Crippen molar-refractivity contribution in [2.75, 3.05) is 5.32 Å². The molecule has 1 N–H and O–H groups in total. The van der Waals surface area contributed by atoms with Gasteiger partial charge in [-0.25, -0.2) is 8.78 Å². The Bertz CT molecular complexity index is 761. The fourth-order valence-electron chi connectivity index (χ4n) is 2.45. The molecule has 0 aliphatic rings. The van der Waals surface area contributed by atoms with Crippen LogP contribution in [0.5, 0.6) is 0 Å². The van der Waals surface area contributed by atoms with Crippen LogP contribution in [0.15, 0.2) is 54.7 Å². The Balaban J connectivity index is 1.99. The summed E-state index contributed by atoms with van der Waals surface area (Å²) in [5, 5.41) is 4.12. The monoisotopic (exact) mass is 284 g/mol. The second-order valence-corrected chi connectivity index (χ2v) is 4.88. The predicted octanol–water partition coefficient (Wildman–Crippen LogP) is 4.69. The lowest BCUT2D eigenvalue weighted by atomic mass is 10.1. The number of rotatable bonds is 3. The topological polar surface area (TPSA) is 24.9 Å². The highest BCUT2D eigenvalue weighted by Crippen LogP contribution is 2.27. The number of anilines is 1. The first-order chi connectivity index (χ1) is 10.2. The second kappa shape index (κ2) is 5.48. The van der Waals surface area contributed by atoms with E-state index in [1.54, 1.807) is 13.1 Å². The van der Waals surface area contributed by atoms with Gasteiger partial charge in [0, 0.05) is 17.1 Å². The van der Waals surface area contributed by atoms with Crippen LogP contribution in [0.2, 0.25) is 0 Å². The summed E-state index contributed by atoms with van der Waals surface area (Å²) in [5.74, 6) is -1.11. The standard InChI is InChI=1S/C17H14F2N2/c1-11(16-13(18)7-3-8-14(16)19)21-15-9-2-5-12-6-4-10-20-17(12)15/h2-11,21H,1H3. The van der Waals surface area contributed by atoms with Crippen LogP contribution in [0.25, 0.3) is 10.9 Å². The van der Waals surface area contributed by atoms with E-state index in [1.165, 1.54) is 18.2 Å². The smallest absolute Gasteiger partial charge is 0.131 e. The van der Waals surface area contributed by atoms with Gasteiger partial charge in [-0.2, -0.15) is 0 Å². The minimum Gasteiger partial charge on any atom is -0.377 e. The van der Waals surface area contributed by atoms with E-state index in [2.05, 4.69) is 10.3 Å². The number of pyridine rings is 1. The van der Waals surface area contributed by atoms with E-state index in [0.717, 1.165) is 16.6 Å². The highest BCUT2D eigenvalue weighted by molar-refractivity contribution is 5.90. The van der Waals surface area contributed by atoms with Crippen molar-refractivity contribution in [3.05, 3.63) is 71.9 Å². The molecule has 1 unspecified atom stereocenters. The molecule has 0 bridgehead atoms. The minimum atomic E-state index is -0.553. The van der Waals surface area contributed by atoms with E-state index < -0.39 is 17.7 Å². The van der Waals surface area contributed by atoms with Gasteiger partial charge in [-0.1, -0.05) is 24.3 Å². The summed E-state index contributed by atoms with van der Waals surface area (Å²) in [4.78, 5) is 4.32. The molecule has 0 radical (unpaired) electrons. The Morgan fingerprint density at radius 3 is 2.38 bits per heavy atom. The lowest BCUT2D eigenvalue weighted by molar-refractivity contribution is 0.544. The molecule has 3 rings (SSSR count). The van der Waals surface area contributed by atoms with Gasteiger partial charge in [-0.05, 0) is 31.2 Å². The molecule has 21 heavy (non-hydrogen) atoms. The molecule has 0 aliphatic carbocycles. The van der Waals surface area contributed by atoms with Crippen LogP contribution >= 0.6 is 0 Å². The molecule has 0 amide bonds. The van der Waals surface area contributed by atoms with Crippen LogP contribution in [-0.2, 0) is 0 Å². The summed E-state index contributed by atoms with van der Waals surface area (Å²) in [6.07, 6.45) is 1.70. The molecule has 0 saturated carbocycles. The average Bonchev–Trinajstić information content (AvgIpc) is 2.47. The number of para-hydroxylation sites is 1. The maximum Gasteiger partial charge on any atom is 0.131 e. The minimum absolute atomic E-state index is 0.0328. The summed E-state index contributed by atoms with van der Waals surface area (Å²) in [6.45, 7) is 1.73. The highest BCUT2D eigenvalue weighted by atomic mass is 19.1. The summed E-state index contributed by atoms with van der Waals surface area (Å²) in [7, 11) is 0. The van der Waals surface area contributed by atoms with Crippen LogP contribution in [0, 0.1) is 11.6 Å². The van der Waals surface area contributed by atoms with Crippen molar-refractivity contribution in [2.24, 2.45) is 0 Å². The molecular weight excluding hydrogens is 270 g/mol. The zero-order chi connectivity index (χ0) is 14.8. The first kappa shape index (κ1) is 13.5. The number of nitrogens with one attached hydrogen (secondary N) is 1. The number of fused-ring (bicyclic) bond motifs is 1. The summed E-state index contributed by atoms with van der Waals surface area (Å²) in [6, 6.07) is 12.9. The Morgan fingerprint density at radius 1 is 0.952 bits per heavy atom. The summed E-state index contributed by atoms with van der Waals surface area (Å²) in [5.41, 5.74) is 1.57. The molecule has 2 nitrogen and oxygen atoms in total. The van der Waals surface area contributed by atoms with Gasteiger partial charge >= 0.3 is 0 Å². The van der Waals surface area contributed by atoms with Gasteiger partial charge in [0.15, 0.2) is 0 Å². The van der Waals surface area contributed by atoms with Gasteiger partial charge in [-0.3, -0.25) is 4.98 Å². The number of halogens is 2. The van der Waals surface area contributed by atoms with Gasteiger partial charge in [0.25, 0.3) is 0 Å². The number of hydrogen-bond acceptors (Lipinski definition) is 2. The van der Waals surface area contributed by atoms with E-state index in [1.807, 2.05) is 30.3 Å². The Labute approximate surface area is 121 Å². The van der Waals surface area contributed by atoms with Crippen molar-refractivity contribution in [2.45, 2.75) is 13.0 Å². The maximum absolute atomic E-state index is 13.8. The molecule has 2 aromatic carbocycles. The molecule has 0 fully saturated rings. The number of benzene rings is 2. The normalized spacial score (nSPS) is 12.3. The summed E-state index contributed by atoms with van der Waals surface area (Å²) >= 11 is 0. The fourth-order valence-corrected chi connectivity index (χ4v) is 2.45. The number of hydrogen-bond donors (Lipinski definition) is 1.